The molecule has 0 bridgehead atoms. The van der Waals surface area contributed by atoms with Crippen LogP contribution in [-0.4, -0.2) is 16.5 Å². The number of aromatic nitrogens is 2. The van der Waals surface area contributed by atoms with Gasteiger partial charge in [0.2, 0.25) is 5.13 Å². The topological polar surface area (TPSA) is 47.0 Å². The maximum absolute atomic E-state index is 13.4. The van der Waals surface area contributed by atoms with Gasteiger partial charge in [-0.05, 0) is 6.07 Å². The minimum Gasteiger partial charge on any atom is -0.497 e. The van der Waals surface area contributed by atoms with Gasteiger partial charge < -0.3 is 10.1 Å². The summed E-state index contributed by atoms with van der Waals surface area (Å²) in [6.07, 6.45) is 0. The van der Waals surface area contributed by atoms with Crippen molar-refractivity contribution >= 4 is 22.4 Å². The average Bonchev–Trinajstić information content (AvgIpc) is 2.76. The third kappa shape index (κ3) is 3.41. The molecule has 1 N–H and O–H groups in total. The Morgan fingerprint density at radius 3 is 2.58 bits per heavy atom. The Kier molecular flexibility index (Phi) is 3.71. The lowest BCUT2D eigenvalue weighted by atomic mass is 9.96. The summed E-state index contributed by atoms with van der Waals surface area (Å²) < 4.78 is 22.7. The van der Waals surface area contributed by atoms with Gasteiger partial charge in [0.05, 0.1) is 7.11 Å². The van der Waals surface area contributed by atoms with Crippen molar-refractivity contribution in [1.29, 1.82) is 0 Å². The van der Waals surface area contributed by atoms with Gasteiger partial charge in [-0.3, -0.25) is 0 Å². The second-order valence-electron chi connectivity index (χ2n) is 5.18. The van der Waals surface area contributed by atoms with E-state index in [0.717, 1.165) is 5.82 Å². The zero-order chi connectivity index (χ0) is 14.0. The Morgan fingerprint density at radius 1 is 1.26 bits per heavy atom. The van der Waals surface area contributed by atoms with Crippen molar-refractivity contribution in [2.24, 2.45) is 0 Å². The molecule has 0 aliphatic carbocycles. The van der Waals surface area contributed by atoms with Crippen LogP contribution in [-0.2, 0) is 5.41 Å². The molecule has 1 aromatic carbocycles. The molecule has 0 unspecified atom stereocenters. The van der Waals surface area contributed by atoms with Crippen molar-refractivity contribution in [3.63, 3.8) is 0 Å². The zero-order valence-corrected chi connectivity index (χ0v) is 12.1. The van der Waals surface area contributed by atoms with E-state index in [1.807, 2.05) is 20.8 Å². The third-order valence-electron chi connectivity index (χ3n) is 2.46. The largest absolute Gasteiger partial charge is 0.497 e. The number of anilines is 2. The van der Waals surface area contributed by atoms with Gasteiger partial charge in [0, 0.05) is 34.8 Å². The minimum atomic E-state index is -0.359. The van der Waals surface area contributed by atoms with E-state index < -0.39 is 0 Å². The summed E-state index contributed by atoms with van der Waals surface area (Å²) >= 11 is 1.26. The first-order valence-electron chi connectivity index (χ1n) is 5.84. The first kappa shape index (κ1) is 13.7. The van der Waals surface area contributed by atoms with Gasteiger partial charge in [-0.25, -0.2) is 9.37 Å². The maximum atomic E-state index is 13.4. The average molecular weight is 281 g/mol. The summed E-state index contributed by atoms with van der Waals surface area (Å²) in [5, 5.41) is 3.67. The Balaban J connectivity index is 2.21. The molecule has 0 aliphatic heterocycles. The molecule has 0 saturated carbocycles. The monoisotopic (exact) mass is 281 g/mol. The fraction of sp³-hybridized carbons (Fsp3) is 0.385. The van der Waals surface area contributed by atoms with Crippen molar-refractivity contribution in [2.45, 2.75) is 26.2 Å². The van der Waals surface area contributed by atoms with Crippen LogP contribution in [0.5, 0.6) is 5.75 Å². The number of rotatable bonds is 3. The number of ether oxygens (including phenoxy) is 1. The van der Waals surface area contributed by atoms with E-state index in [-0.39, 0.29) is 11.2 Å². The molecule has 1 heterocycles. The Morgan fingerprint density at radius 2 is 2.00 bits per heavy atom. The molecule has 0 saturated heterocycles. The summed E-state index contributed by atoms with van der Waals surface area (Å²) in [5.74, 6) is 0.869. The summed E-state index contributed by atoms with van der Waals surface area (Å²) in [4.78, 5) is 4.39. The molecule has 4 nitrogen and oxygen atoms in total. The van der Waals surface area contributed by atoms with E-state index in [1.54, 1.807) is 6.07 Å². The molecule has 2 rings (SSSR count). The fourth-order valence-electron chi connectivity index (χ4n) is 1.46. The van der Waals surface area contributed by atoms with Gasteiger partial charge in [0.15, 0.2) is 0 Å². The quantitative estimate of drug-likeness (QED) is 0.931. The highest BCUT2D eigenvalue weighted by atomic mass is 32.1. The van der Waals surface area contributed by atoms with Crippen LogP contribution < -0.4 is 10.1 Å². The van der Waals surface area contributed by atoms with Gasteiger partial charge in [0.1, 0.15) is 17.4 Å². The zero-order valence-electron chi connectivity index (χ0n) is 11.3. The molecule has 1 aromatic heterocycles. The van der Waals surface area contributed by atoms with E-state index in [4.69, 9.17) is 4.74 Å². The molecule has 102 valence electrons. The summed E-state index contributed by atoms with van der Waals surface area (Å²) in [6, 6.07) is 4.42. The standard InChI is InChI=1S/C13H16FN3OS/c1-13(2,3)11-16-12(19-17-11)15-9-5-8(14)6-10(7-9)18-4/h5-7H,1-4H3,(H,15,16,17). The summed E-state index contributed by atoms with van der Waals surface area (Å²) in [6.45, 7) is 6.14. The van der Waals surface area contributed by atoms with Gasteiger partial charge >= 0.3 is 0 Å². The highest BCUT2D eigenvalue weighted by molar-refractivity contribution is 7.09. The Bertz CT molecular complexity index is 578. The van der Waals surface area contributed by atoms with Crippen molar-refractivity contribution in [3.8, 4) is 5.75 Å². The molecule has 2 aromatic rings. The molecule has 6 heteroatoms. The van der Waals surface area contributed by atoms with Crippen molar-refractivity contribution < 1.29 is 9.13 Å². The fourth-order valence-corrected chi connectivity index (χ4v) is 2.23. The molecule has 0 fully saturated rings. The Labute approximate surface area is 115 Å². The lowest BCUT2D eigenvalue weighted by Gasteiger charge is -2.12. The SMILES string of the molecule is COc1cc(F)cc(Nc2nc(C(C)(C)C)ns2)c1. The van der Waals surface area contributed by atoms with Crippen LogP contribution in [0.15, 0.2) is 18.2 Å². The predicted octanol–water partition coefficient (Wildman–Crippen LogP) is 3.73. The Hall–Kier alpha value is -1.69. The summed E-state index contributed by atoms with van der Waals surface area (Å²) in [5.41, 5.74) is 0.490. The maximum Gasteiger partial charge on any atom is 0.207 e. The highest BCUT2D eigenvalue weighted by Gasteiger charge is 2.19. The van der Waals surface area contributed by atoms with Crippen LogP contribution in [0.2, 0.25) is 0 Å². The molecule has 0 amide bonds. The third-order valence-corrected chi connectivity index (χ3v) is 3.09. The molecule has 0 radical (unpaired) electrons. The lowest BCUT2D eigenvalue weighted by molar-refractivity contribution is 0.411. The molecular formula is C13H16FN3OS. The normalized spacial score (nSPS) is 11.4. The second-order valence-corrected chi connectivity index (χ2v) is 5.93. The molecule has 0 aliphatic rings. The van der Waals surface area contributed by atoms with E-state index in [9.17, 15) is 4.39 Å². The molecular weight excluding hydrogens is 265 g/mol. The van der Waals surface area contributed by atoms with Crippen LogP contribution in [0.4, 0.5) is 15.2 Å². The van der Waals surface area contributed by atoms with Crippen LogP contribution >= 0.6 is 11.5 Å². The van der Waals surface area contributed by atoms with Crippen molar-refractivity contribution in [3.05, 3.63) is 29.8 Å². The molecule has 0 atom stereocenters. The van der Waals surface area contributed by atoms with E-state index >= 15 is 0 Å². The number of nitrogens with one attached hydrogen (secondary N) is 1. The van der Waals surface area contributed by atoms with Crippen LogP contribution in [0, 0.1) is 5.82 Å². The first-order valence-corrected chi connectivity index (χ1v) is 6.61. The number of halogens is 1. The van der Waals surface area contributed by atoms with Crippen LogP contribution in [0.3, 0.4) is 0 Å². The molecule has 0 spiro atoms. The van der Waals surface area contributed by atoms with Gasteiger partial charge in [-0.15, -0.1) is 0 Å². The van der Waals surface area contributed by atoms with E-state index in [0.29, 0.717) is 16.6 Å². The van der Waals surface area contributed by atoms with Gasteiger partial charge in [-0.2, -0.15) is 4.37 Å². The number of hydrogen-bond donors (Lipinski definition) is 1. The number of hydrogen-bond acceptors (Lipinski definition) is 5. The van der Waals surface area contributed by atoms with Crippen LogP contribution in [0.25, 0.3) is 0 Å². The van der Waals surface area contributed by atoms with Crippen LogP contribution in [0.1, 0.15) is 26.6 Å². The number of benzene rings is 1. The number of methoxy groups -OCH3 is 1. The predicted molar refractivity (Wildman–Crippen MR) is 74.8 cm³/mol. The lowest BCUT2D eigenvalue weighted by Crippen LogP contribution is -2.13. The highest BCUT2D eigenvalue weighted by Crippen LogP contribution is 2.27. The second kappa shape index (κ2) is 5.13. The van der Waals surface area contributed by atoms with Crippen molar-refractivity contribution in [2.75, 3.05) is 12.4 Å². The van der Waals surface area contributed by atoms with Crippen molar-refractivity contribution in [1.82, 2.24) is 9.36 Å². The minimum absolute atomic E-state index is 0.101. The van der Waals surface area contributed by atoms with E-state index in [1.165, 1.54) is 30.8 Å². The summed E-state index contributed by atoms with van der Waals surface area (Å²) in [7, 11) is 1.50. The number of nitrogens with zero attached hydrogens (tertiary/aromatic N) is 2. The first-order chi connectivity index (χ1) is 8.88. The van der Waals surface area contributed by atoms with E-state index in [2.05, 4.69) is 14.7 Å². The smallest absolute Gasteiger partial charge is 0.207 e. The molecule has 19 heavy (non-hydrogen) atoms. The van der Waals surface area contributed by atoms with Gasteiger partial charge in [0.25, 0.3) is 0 Å². The van der Waals surface area contributed by atoms with Gasteiger partial charge in [-0.1, -0.05) is 20.8 Å².